The molecule has 0 unspecified atom stereocenters. The normalized spacial score (nSPS) is 16.2. The fraction of sp³-hybridized carbons (Fsp3) is 0.143. The highest BCUT2D eigenvalue weighted by Crippen LogP contribution is 2.03. The van der Waals surface area contributed by atoms with Crippen molar-refractivity contribution in [3.05, 3.63) is 24.8 Å². The van der Waals surface area contributed by atoms with Gasteiger partial charge in [-0.05, 0) is 0 Å². The minimum absolute atomic E-state index is 0.152. The third kappa shape index (κ3) is 1.53. The van der Waals surface area contributed by atoms with Gasteiger partial charge >= 0.3 is 0 Å². The molecule has 0 N–H and O–H groups in total. The van der Waals surface area contributed by atoms with Crippen LogP contribution in [0.15, 0.2) is 24.8 Å². The predicted octanol–water partition coefficient (Wildman–Crippen LogP) is 0.0290. The summed E-state index contributed by atoms with van der Waals surface area (Å²) in [6, 6.07) is 0. The molecule has 2 amide bonds. The van der Waals surface area contributed by atoms with Crippen LogP contribution in [-0.2, 0) is 14.4 Å². The zero-order valence-corrected chi connectivity index (χ0v) is 5.82. The van der Waals surface area contributed by atoms with E-state index in [2.05, 4.69) is 6.58 Å². The maximum Gasteiger partial charge on any atom is 0.277 e. The molecule has 11 heavy (non-hydrogen) atoms. The van der Waals surface area contributed by atoms with Gasteiger partial charge in [-0.1, -0.05) is 6.08 Å². The number of carbonyl (C=O) groups is 2. The number of imide groups is 1. The molecule has 0 atom stereocenters. The lowest BCUT2D eigenvalue weighted by molar-refractivity contribution is -0.182. The topological polar surface area (TPSA) is 46.6 Å². The first-order valence-electron chi connectivity index (χ1n) is 3.05. The van der Waals surface area contributed by atoms with Crippen LogP contribution in [0.3, 0.4) is 0 Å². The molecule has 0 spiro atoms. The van der Waals surface area contributed by atoms with Crippen molar-refractivity contribution in [2.45, 2.75) is 0 Å². The van der Waals surface area contributed by atoms with Crippen molar-refractivity contribution in [3.63, 3.8) is 0 Å². The van der Waals surface area contributed by atoms with E-state index in [9.17, 15) is 9.59 Å². The van der Waals surface area contributed by atoms with Crippen LogP contribution in [0.25, 0.3) is 0 Å². The van der Waals surface area contributed by atoms with Gasteiger partial charge in [-0.25, -0.2) is 0 Å². The molecule has 0 bridgehead atoms. The van der Waals surface area contributed by atoms with Gasteiger partial charge in [-0.15, -0.1) is 11.6 Å². The van der Waals surface area contributed by atoms with E-state index < -0.39 is 11.8 Å². The lowest BCUT2D eigenvalue weighted by Gasteiger charge is -2.10. The molecule has 0 saturated heterocycles. The summed E-state index contributed by atoms with van der Waals surface area (Å²) in [6.07, 6.45) is 3.77. The molecular formula is C7H7NO3. The molecule has 1 rings (SSSR count). The molecule has 58 valence electrons. The summed E-state index contributed by atoms with van der Waals surface area (Å²) in [7, 11) is 0. The standard InChI is InChI=1S/C7H7NO3/c1-2-5-11-8-6(9)3-4-7(8)10/h2-4H,1,5H2. The highest BCUT2D eigenvalue weighted by molar-refractivity contribution is 6.11. The lowest BCUT2D eigenvalue weighted by Crippen LogP contribution is -2.30. The third-order valence-corrected chi connectivity index (χ3v) is 1.09. The van der Waals surface area contributed by atoms with Crippen molar-refractivity contribution in [2.75, 3.05) is 6.61 Å². The molecule has 0 saturated carbocycles. The summed E-state index contributed by atoms with van der Waals surface area (Å²) in [6.45, 7) is 3.53. The van der Waals surface area contributed by atoms with Gasteiger partial charge in [0.1, 0.15) is 0 Å². The Hall–Kier alpha value is -1.42. The van der Waals surface area contributed by atoms with Crippen LogP contribution in [0.2, 0.25) is 0 Å². The van der Waals surface area contributed by atoms with E-state index in [0.717, 1.165) is 12.2 Å². The molecule has 0 aliphatic carbocycles. The average Bonchev–Trinajstić information content (AvgIpc) is 2.29. The molecule has 0 aromatic carbocycles. The number of nitrogens with zero attached hydrogens (tertiary/aromatic N) is 1. The van der Waals surface area contributed by atoms with Crippen molar-refractivity contribution in [3.8, 4) is 0 Å². The van der Waals surface area contributed by atoms with Gasteiger partial charge in [0.05, 0.1) is 6.61 Å². The second kappa shape index (κ2) is 3.12. The quantitative estimate of drug-likeness (QED) is 0.424. The Kier molecular flexibility index (Phi) is 2.18. The van der Waals surface area contributed by atoms with Crippen LogP contribution in [0, 0.1) is 0 Å². The molecular weight excluding hydrogens is 146 g/mol. The molecule has 0 fully saturated rings. The van der Waals surface area contributed by atoms with Gasteiger partial charge in [0.15, 0.2) is 0 Å². The highest BCUT2D eigenvalue weighted by Gasteiger charge is 2.23. The monoisotopic (exact) mass is 153 g/mol. The van der Waals surface area contributed by atoms with E-state index in [1.807, 2.05) is 0 Å². The van der Waals surface area contributed by atoms with Crippen LogP contribution >= 0.6 is 0 Å². The first-order valence-corrected chi connectivity index (χ1v) is 3.05. The largest absolute Gasteiger partial charge is 0.277 e. The van der Waals surface area contributed by atoms with E-state index in [1.54, 1.807) is 0 Å². The number of carbonyl (C=O) groups excluding carboxylic acids is 2. The van der Waals surface area contributed by atoms with Crippen LogP contribution in [-0.4, -0.2) is 23.5 Å². The van der Waals surface area contributed by atoms with E-state index in [0.29, 0.717) is 5.06 Å². The maximum absolute atomic E-state index is 10.7. The lowest BCUT2D eigenvalue weighted by atomic mass is 10.6. The van der Waals surface area contributed by atoms with Crippen LogP contribution in [0.5, 0.6) is 0 Å². The Morgan fingerprint density at radius 2 is 2.00 bits per heavy atom. The predicted molar refractivity (Wildman–Crippen MR) is 37.1 cm³/mol. The van der Waals surface area contributed by atoms with Crippen LogP contribution in [0.1, 0.15) is 0 Å². The van der Waals surface area contributed by atoms with Gasteiger partial charge in [-0.2, -0.15) is 0 Å². The minimum Gasteiger partial charge on any atom is -0.267 e. The molecule has 4 nitrogen and oxygen atoms in total. The average molecular weight is 153 g/mol. The molecule has 0 aromatic rings. The highest BCUT2D eigenvalue weighted by atomic mass is 16.7. The molecule has 0 aromatic heterocycles. The third-order valence-electron chi connectivity index (χ3n) is 1.09. The van der Waals surface area contributed by atoms with Crippen molar-refractivity contribution in [2.24, 2.45) is 0 Å². The number of hydrogen-bond acceptors (Lipinski definition) is 3. The Morgan fingerprint density at radius 3 is 2.45 bits per heavy atom. The van der Waals surface area contributed by atoms with Crippen LogP contribution < -0.4 is 0 Å². The van der Waals surface area contributed by atoms with Gasteiger partial charge < -0.3 is 0 Å². The summed E-state index contributed by atoms with van der Waals surface area (Å²) >= 11 is 0. The fourth-order valence-electron chi connectivity index (χ4n) is 0.641. The first kappa shape index (κ1) is 7.68. The molecule has 1 aliphatic rings. The SMILES string of the molecule is C=CCON1C(=O)C=CC1=O. The van der Waals surface area contributed by atoms with Crippen molar-refractivity contribution >= 4 is 11.8 Å². The van der Waals surface area contributed by atoms with E-state index in [4.69, 9.17) is 4.84 Å². The summed E-state index contributed by atoms with van der Waals surface area (Å²) in [5, 5.41) is 0.696. The molecule has 4 heteroatoms. The number of amides is 2. The van der Waals surface area contributed by atoms with Gasteiger partial charge in [0.25, 0.3) is 11.8 Å². The number of hydrogen-bond donors (Lipinski definition) is 0. The van der Waals surface area contributed by atoms with Crippen LogP contribution in [0.4, 0.5) is 0 Å². The van der Waals surface area contributed by atoms with Crippen molar-refractivity contribution in [1.29, 1.82) is 0 Å². The summed E-state index contributed by atoms with van der Waals surface area (Å²) in [4.78, 5) is 26.2. The van der Waals surface area contributed by atoms with E-state index in [1.165, 1.54) is 6.08 Å². The zero-order chi connectivity index (χ0) is 8.27. The second-order valence-corrected chi connectivity index (χ2v) is 1.89. The smallest absolute Gasteiger partial charge is 0.267 e. The molecule has 0 radical (unpaired) electrons. The van der Waals surface area contributed by atoms with E-state index in [-0.39, 0.29) is 6.61 Å². The Morgan fingerprint density at radius 1 is 1.45 bits per heavy atom. The van der Waals surface area contributed by atoms with Gasteiger partial charge in [0.2, 0.25) is 0 Å². The summed E-state index contributed by atoms with van der Waals surface area (Å²) in [5.74, 6) is -0.895. The maximum atomic E-state index is 10.7. The van der Waals surface area contributed by atoms with Gasteiger partial charge in [0, 0.05) is 12.2 Å². The molecule has 1 aliphatic heterocycles. The fourth-order valence-corrected chi connectivity index (χ4v) is 0.641. The number of hydroxylamine groups is 2. The Labute approximate surface area is 63.7 Å². The molecule has 1 heterocycles. The number of rotatable bonds is 3. The summed E-state index contributed by atoms with van der Waals surface area (Å²) < 4.78 is 0. The van der Waals surface area contributed by atoms with E-state index >= 15 is 0 Å². The first-order chi connectivity index (χ1) is 5.25. The second-order valence-electron chi connectivity index (χ2n) is 1.89. The zero-order valence-electron chi connectivity index (χ0n) is 5.82. The van der Waals surface area contributed by atoms with Crippen molar-refractivity contribution < 1.29 is 14.4 Å². The summed E-state index contributed by atoms with van der Waals surface area (Å²) in [5.41, 5.74) is 0. The Balaban J connectivity index is 2.52. The van der Waals surface area contributed by atoms with Crippen molar-refractivity contribution in [1.82, 2.24) is 5.06 Å². The van der Waals surface area contributed by atoms with Gasteiger partial charge in [-0.3, -0.25) is 14.4 Å². The Bertz CT molecular complexity index is 214. The minimum atomic E-state index is -0.447.